The van der Waals surface area contributed by atoms with Crippen molar-refractivity contribution in [3.63, 3.8) is 0 Å². The summed E-state index contributed by atoms with van der Waals surface area (Å²) >= 11 is 1.68. The van der Waals surface area contributed by atoms with Crippen molar-refractivity contribution in [3.8, 4) is 0 Å². The third-order valence-electron chi connectivity index (χ3n) is 3.45. The summed E-state index contributed by atoms with van der Waals surface area (Å²) in [4.78, 5) is 14.1. The molecule has 0 bridgehead atoms. The van der Waals surface area contributed by atoms with Gasteiger partial charge in [-0.1, -0.05) is 0 Å². The zero-order valence-electron chi connectivity index (χ0n) is 12.4. The Hall–Kier alpha value is -2.38. The number of carbonyl (C=O) groups is 1. The van der Waals surface area contributed by atoms with E-state index in [2.05, 4.69) is 21.5 Å². The first-order valence-corrected chi connectivity index (χ1v) is 8.09. The van der Waals surface area contributed by atoms with E-state index in [4.69, 9.17) is 9.84 Å². The van der Waals surface area contributed by atoms with Crippen LogP contribution in [0.25, 0.3) is 0 Å². The number of benzene rings is 1. The van der Waals surface area contributed by atoms with E-state index in [9.17, 15) is 4.79 Å². The molecule has 6 nitrogen and oxygen atoms in total. The van der Waals surface area contributed by atoms with Gasteiger partial charge in [-0.05, 0) is 36.4 Å². The lowest BCUT2D eigenvalue weighted by molar-refractivity contribution is 0.0697. The Kier molecular flexibility index (Phi) is 4.89. The maximum atomic E-state index is 10.8. The van der Waals surface area contributed by atoms with Gasteiger partial charge in [0.1, 0.15) is 0 Å². The van der Waals surface area contributed by atoms with E-state index in [1.807, 2.05) is 6.07 Å². The van der Waals surface area contributed by atoms with Crippen molar-refractivity contribution < 1.29 is 14.6 Å². The van der Waals surface area contributed by atoms with Gasteiger partial charge < -0.3 is 14.7 Å². The van der Waals surface area contributed by atoms with Crippen molar-refractivity contribution in [1.29, 1.82) is 0 Å². The fourth-order valence-electron chi connectivity index (χ4n) is 2.22. The standard InChI is InChI=1S/C16H17N3O3S/c20-16(21)12-1-3-13(4-2-12)18-17-11-14-5-6-15(23-14)19-7-9-22-10-8-19/h1-6,11,18H,7-10H2,(H,20,21). The van der Waals surface area contributed by atoms with Gasteiger partial charge in [-0.2, -0.15) is 5.10 Å². The highest BCUT2D eigenvalue weighted by Crippen LogP contribution is 2.25. The Morgan fingerprint density at radius 1 is 1.22 bits per heavy atom. The number of thiophene rings is 1. The summed E-state index contributed by atoms with van der Waals surface area (Å²) in [6, 6.07) is 10.6. The van der Waals surface area contributed by atoms with Crippen molar-refractivity contribution in [2.75, 3.05) is 36.6 Å². The van der Waals surface area contributed by atoms with Gasteiger partial charge >= 0.3 is 5.97 Å². The lowest BCUT2D eigenvalue weighted by Crippen LogP contribution is -2.35. The molecule has 0 saturated carbocycles. The molecule has 3 rings (SSSR count). The van der Waals surface area contributed by atoms with E-state index in [0.717, 1.165) is 36.9 Å². The first-order chi connectivity index (χ1) is 11.2. The topological polar surface area (TPSA) is 74.2 Å². The highest BCUT2D eigenvalue weighted by molar-refractivity contribution is 7.17. The quantitative estimate of drug-likeness (QED) is 0.651. The number of nitrogens with one attached hydrogen (secondary N) is 1. The van der Waals surface area contributed by atoms with Gasteiger partial charge in [0, 0.05) is 18.0 Å². The Balaban J connectivity index is 1.57. The van der Waals surface area contributed by atoms with Crippen molar-refractivity contribution in [3.05, 3.63) is 46.8 Å². The van der Waals surface area contributed by atoms with E-state index in [1.54, 1.807) is 41.8 Å². The number of anilines is 2. The summed E-state index contributed by atoms with van der Waals surface area (Å²) < 4.78 is 5.35. The molecule has 1 fully saturated rings. The van der Waals surface area contributed by atoms with E-state index >= 15 is 0 Å². The van der Waals surface area contributed by atoms with Gasteiger partial charge in [0.2, 0.25) is 0 Å². The molecule has 1 aromatic carbocycles. The smallest absolute Gasteiger partial charge is 0.335 e. The normalized spacial score (nSPS) is 15.0. The van der Waals surface area contributed by atoms with Crippen molar-refractivity contribution in [2.45, 2.75) is 0 Å². The van der Waals surface area contributed by atoms with Crippen LogP contribution in [0.15, 0.2) is 41.5 Å². The molecular formula is C16H17N3O3S. The lowest BCUT2D eigenvalue weighted by Gasteiger charge is -2.27. The summed E-state index contributed by atoms with van der Waals surface area (Å²) in [6.07, 6.45) is 1.76. The highest BCUT2D eigenvalue weighted by Gasteiger charge is 2.12. The van der Waals surface area contributed by atoms with Gasteiger partial charge in [0.05, 0.1) is 35.7 Å². The number of nitrogens with zero attached hydrogens (tertiary/aromatic N) is 2. The molecule has 0 aliphatic carbocycles. The monoisotopic (exact) mass is 331 g/mol. The van der Waals surface area contributed by atoms with E-state index < -0.39 is 5.97 Å². The summed E-state index contributed by atoms with van der Waals surface area (Å²) in [7, 11) is 0. The minimum atomic E-state index is -0.936. The number of carboxylic acids is 1. The summed E-state index contributed by atoms with van der Waals surface area (Å²) in [6.45, 7) is 3.39. The second-order valence-electron chi connectivity index (χ2n) is 5.03. The van der Waals surface area contributed by atoms with Crippen LogP contribution in [0.1, 0.15) is 15.2 Å². The molecule has 0 radical (unpaired) electrons. The van der Waals surface area contributed by atoms with Crippen LogP contribution in [-0.2, 0) is 4.74 Å². The Morgan fingerprint density at radius 2 is 1.96 bits per heavy atom. The third kappa shape index (κ3) is 4.08. The van der Waals surface area contributed by atoms with Crippen LogP contribution in [0.5, 0.6) is 0 Å². The number of carboxylic acid groups (broad SMARTS) is 1. The number of hydrogen-bond acceptors (Lipinski definition) is 6. The SMILES string of the molecule is O=C(O)c1ccc(NN=Cc2ccc(N3CCOCC3)s2)cc1. The van der Waals surface area contributed by atoms with Crippen molar-refractivity contribution >= 4 is 34.2 Å². The molecule has 2 heterocycles. The van der Waals surface area contributed by atoms with Crippen LogP contribution >= 0.6 is 11.3 Å². The maximum absolute atomic E-state index is 10.8. The van der Waals surface area contributed by atoms with Crippen molar-refractivity contribution in [2.24, 2.45) is 5.10 Å². The average molecular weight is 331 g/mol. The molecule has 23 heavy (non-hydrogen) atoms. The fraction of sp³-hybridized carbons (Fsp3) is 0.250. The van der Waals surface area contributed by atoms with Crippen LogP contribution in [-0.4, -0.2) is 43.6 Å². The number of hydrogen-bond donors (Lipinski definition) is 2. The Morgan fingerprint density at radius 3 is 2.65 bits per heavy atom. The van der Waals surface area contributed by atoms with Crippen LogP contribution in [0.2, 0.25) is 0 Å². The van der Waals surface area contributed by atoms with Gasteiger partial charge in [-0.3, -0.25) is 5.43 Å². The molecule has 1 aliphatic rings. The van der Waals surface area contributed by atoms with Crippen LogP contribution in [0.4, 0.5) is 10.7 Å². The first kappa shape index (κ1) is 15.5. The van der Waals surface area contributed by atoms with Crippen LogP contribution in [0.3, 0.4) is 0 Å². The van der Waals surface area contributed by atoms with Gasteiger partial charge in [0.15, 0.2) is 0 Å². The summed E-state index contributed by atoms with van der Waals surface area (Å²) in [5.41, 5.74) is 3.90. The molecule has 1 aromatic heterocycles. The number of aromatic carboxylic acids is 1. The molecule has 1 saturated heterocycles. The Bertz CT molecular complexity index is 691. The van der Waals surface area contributed by atoms with Crippen molar-refractivity contribution in [1.82, 2.24) is 0 Å². The molecule has 1 aliphatic heterocycles. The Labute approximate surface area is 138 Å². The van der Waals surface area contributed by atoms with Crippen LogP contribution in [0, 0.1) is 0 Å². The third-order valence-corrected chi connectivity index (χ3v) is 4.53. The summed E-state index contributed by atoms with van der Waals surface area (Å²) in [5.74, 6) is -0.936. The van der Waals surface area contributed by atoms with E-state index in [0.29, 0.717) is 0 Å². The predicted octanol–water partition coefficient (Wildman–Crippen LogP) is 2.73. The zero-order valence-corrected chi connectivity index (χ0v) is 13.3. The summed E-state index contributed by atoms with van der Waals surface area (Å²) in [5, 5.41) is 14.3. The van der Waals surface area contributed by atoms with E-state index in [1.165, 1.54) is 5.00 Å². The number of morpholine rings is 1. The molecule has 2 aromatic rings. The highest BCUT2D eigenvalue weighted by atomic mass is 32.1. The van der Waals surface area contributed by atoms with Gasteiger partial charge in [-0.15, -0.1) is 11.3 Å². The predicted molar refractivity (Wildman–Crippen MR) is 92.0 cm³/mol. The molecule has 0 unspecified atom stereocenters. The molecule has 7 heteroatoms. The molecule has 120 valence electrons. The molecule has 2 N–H and O–H groups in total. The van der Waals surface area contributed by atoms with Gasteiger partial charge in [-0.25, -0.2) is 4.79 Å². The minimum absolute atomic E-state index is 0.257. The fourth-order valence-corrected chi connectivity index (χ4v) is 3.15. The zero-order chi connectivity index (χ0) is 16.1. The second kappa shape index (κ2) is 7.26. The van der Waals surface area contributed by atoms with Crippen LogP contribution < -0.4 is 10.3 Å². The number of ether oxygens (including phenoxy) is 1. The van der Waals surface area contributed by atoms with Gasteiger partial charge in [0.25, 0.3) is 0 Å². The molecule has 0 amide bonds. The average Bonchev–Trinajstić information content (AvgIpc) is 3.05. The molecular weight excluding hydrogens is 314 g/mol. The number of rotatable bonds is 5. The van der Waals surface area contributed by atoms with E-state index in [-0.39, 0.29) is 5.56 Å². The first-order valence-electron chi connectivity index (χ1n) is 7.27. The number of hydrazone groups is 1. The molecule has 0 spiro atoms. The minimum Gasteiger partial charge on any atom is -0.478 e. The second-order valence-corrected chi connectivity index (χ2v) is 6.12. The maximum Gasteiger partial charge on any atom is 0.335 e. The lowest BCUT2D eigenvalue weighted by atomic mass is 10.2. The largest absolute Gasteiger partial charge is 0.478 e. The molecule has 0 atom stereocenters.